The highest BCUT2D eigenvalue weighted by atomic mass is 19.4. The number of esters is 1. The van der Waals surface area contributed by atoms with Crippen LogP contribution in [0.5, 0.6) is 0 Å². The average Bonchev–Trinajstić information content (AvgIpc) is 3.19. The van der Waals surface area contributed by atoms with Crippen LogP contribution in [0.15, 0.2) is 30.3 Å². The van der Waals surface area contributed by atoms with Gasteiger partial charge in [-0.25, -0.2) is 9.48 Å². The van der Waals surface area contributed by atoms with Gasteiger partial charge in [-0.05, 0) is 44.0 Å². The third-order valence-corrected chi connectivity index (χ3v) is 4.27. The Kier molecular flexibility index (Phi) is 4.45. The van der Waals surface area contributed by atoms with Gasteiger partial charge in [0.25, 0.3) is 0 Å². The number of alkyl halides is 3. The molecule has 2 aromatic rings. The zero-order valence-corrected chi connectivity index (χ0v) is 13.9. The van der Waals surface area contributed by atoms with Gasteiger partial charge in [0.05, 0.1) is 24.1 Å². The van der Waals surface area contributed by atoms with Crippen molar-refractivity contribution in [2.75, 3.05) is 18.6 Å². The minimum absolute atomic E-state index is 0.324. The Morgan fingerprint density at radius 2 is 1.96 bits per heavy atom. The van der Waals surface area contributed by atoms with E-state index in [1.807, 2.05) is 11.0 Å². The molecule has 0 spiro atoms. The summed E-state index contributed by atoms with van der Waals surface area (Å²) in [5.41, 5.74) is 0.507. The van der Waals surface area contributed by atoms with E-state index in [1.54, 1.807) is 11.6 Å². The van der Waals surface area contributed by atoms with Crippen LogP contribution < -0.4 is 4.90 Å². The fraction of sp³-hybridized carbons (Fsp3) is 0.412. The van der Waals surface area contributed by atoms with Crippen molar-refractivity contribution in [1.82, 2.24) is 9.78 Å². The number of benzene rings is 1. The molecule has 1 aromatic heterocycles. The summed E-state index contributed by atoms with van der Waals surface area (Å²) in [5.74, 6) is 0.348. The number of methoxy groups -OCH3 is 1. The van der Waals surface area contributed by atoms with Crippen molar-refractivity contribution >= 4 is 11.8 Å². The van der Waals surface area contributed by atoms with Crippen LogP contribution >= 0.6 is 0 Å². The summed E-state index contributed by atoms with van der Waals surface area (Å²) >= 11 is 0. The van der Waals surface area contributed by atoms with Gasteiger partial charge in [0.2, 0.25) is 0 Å². The van der Waals surface area contributed by atoms with E-state index < -0.39 is 17.8 Å². The molecule has 0 amide bonds. The molecule has 0 saturated carbocycles. The summed E-state index contributed by atoms with van der Waals surface area (Å²) in [6.07, 6.45) is -2.88. The van der Waals surface area contributed by atoms with Crippen molar-refractivity contribution in [2.45, 2.75) is 32.0 Å². The number of aryl methyl sites for hydroxylation is 1. The summed E-state index contributed by atoms with van der Waals surface area (Å²) in [7, 11) is 1.34. The second kappa shape index (κ2) is 6.42. The molecule has 25 heavy (non-hydrogen) atoms. The molecule has 0 radical (unpaired) electrons. The first-order chi connectivity index (χ1) is 11.8. The fourth-order valence-corrected chi connectivity index (χ4v) is 3.09. The minimum atomic E-state index is -4.38. The van der Waals surface area contributed by atoms with E-state index in [2.05, 4.69) is 5.10 Å². The van der Waals surface area contributed by atoms with Crippen molar-refractivity contribution in [3.8, 4) is 5.69 Å². The molecule has 2 heterocycles. The van der Waals surface area contributed by atoms with Gasteiger partial charge < -0.3 is 9.64 Å². The highest BCUT2D eigenvalue weighted by Crippen LogP contribution is 2.32. The van der Waals surface area contributed by atoms with Crippen LogP contribution in [-0.2, 0) is 15.7 Å². The number of ether oxygens (including phenoxy) is 1. The molecule has 0 bridgehead atoms. The van der Waals surface area contributed by atoms with E-state index in [0.717, 1.165) is 18.6 Å². The van der Waals surface area contributed by atoms with Gasteiger partial charge >= 0.3 is 12.1 Å². The zero-order chi connectivity index (χ0) is 18.2. The molecule has 3 rings (SSSR count). The maximum Gasteiger partial charge on any atom is 0.416 e. The molecule has 1 unspecified atom stereocenters. The molecule has 5 nitrogen and oxygen atoms in total. The topological polar surface area (TPSA) is 47.4 Å². The Labute approximate surface area is 143 Å². The zero-order valence-electron chi connectivity index (χ0n) is 13.9. The predicted octanol–water partition coefficient (Wildman–Crippen LogP) is 3.34. The van der Waals surface area contributed by atoms with Crippen molar-refractivity contribution in [3.63, 3.8) is 0 Å². The number of anilines is 1. The highest BCUT2D eigenvalue weighted by molar-refractivity contribution is 5.80. The van der Waals surface area contributed by atoms with E-state index >= 15 is 0 Å². The summed E-state index contributed by atoms with van der Waals surface area (Å²) in [6.45, 7) is 2.46. The number of rotatable bonds is 3. The van der Waals surface area contributed by atoms with Crippen LogP contribution in [0, 0.1) is 6.92 Å². The fourth-order valence-electron chi connectivity index (χ4n) is 3.09. The lowest BCUT2D eigenvalue weighted by atomic mass is 10.2. The Bertz CT molecular complexity index is 768. The summed E-state index contributed by atoms with van der Waals surface area (Å²) < 4.78 is 44.7. The van der Waals surface area contributed by atoms with E-state index in [-0.39, 0.29) is 5.97 Å². The molecule has 1 saturated heterocycles. The first-order valence-corrected chi connectivity index (χ1v) is 7.90. The number of halogens is 3. The van der Waals surface area contributed by atoms with Gasteiger partial charge in [0.1, 0.15) is 11.9 Å². The average molecular weight is 353 g/mol. The number of hydrogen-bond donors (Lipinski definition) is 0. The molecule has 0 aliphatic carbocycles. The molecule has 1 atom stereocenters. The van der Waals surface area contributed by atoms with Gasteiger partial charge in [-0.15, -0.1) is 0 Å². The Balaban J connectivity index is 1.97. The summed E-state index contributed by atoms with van der Waals surface area (Å²) in [6, 6.07) is 6.22. The predicted molar refractivity (Wildman–Crippen MR) is 85.7 cm³/mol. The monoisotopic (exact) mass is 353 g/mol. The van der Waals surface area contributed by atoms with Crippen LogP contribution in [0.1, 0.15) is 24.1 Å². The van der Waals surface area contributed by atoms with Crippen molar-refractivity contribution in [3.05, 3.63) is 41.6 Å². The summed E-state index contributed by atoms with van der Waals surface area (Å²) in [4.78, 5) is 13.9. The molecule has 8 heteroatoms. The lowest BCUT2D eigenvalue weighted by Gasteiger charge is -2.25. The van der Waals surface area contributed by atoms with Gasteiger partial charge in [-0.2, -0.15) is 18.3 Å². The Hall–Kier alpha value is -2.51. The third-order valence-electron chi connectivity index (χ3n) is 4.27. The van der Waals surface area contributed by atoms with E-state index in [9.17, 15) is 18.0 Å². The van der Waals surface area contributed by atoms with Gasteiger partial charge in [-0.3, -0.25) is 0 Å². The molecular weight excluding hydrogens is 335 g/mol. The van der Waals surface area contributed by atoms with Crippen molar-refractivity contribution < 1.29 is 22.7 Å². The molecule has 0 N–H and O–H groups in total. The Morgan fingerprint density at radius 3 is 2.56 bits per heavy atom. The lowest BCUT2D eigenvalue weighted by molar-refractivity contribution is -0.142. The highest BCUT2D eigenvalue weighted by Gasteiger charge is 2.34. The second-order valence-corrected chi connectivity index (χ2v) is 5.97. The van der Waals surface area contributed by atoms with Crippen LogP contribution in [0.4, 0.5) is 19.0 Å². The first kappa shape index (κ1) is 17.3. The van der Waals surface area contributed by atoms with Crippen LogP contribution in [-0.4, -0.2) is 35.4 Å². The van der Waals surface area contributed by atoms with E-state index in [4.69, 9.17) is 4.74 Å². The van der Waals surface area contributed by atoms with E-state index in [0.29, 0.717) is 30.2 Å². The number of hydrogen-bond acceptors (Lipinski definition) is 4. The largest absolute Gasteiger partial charge is 0.467 e. The molecule has 1 aliphatic rings. The van der Waals surface area contributed by atoms with Crippen LogP contribution in [0.3, 0.4) is 0 Å². The molecule has 1 fully saturated rings. The molecule has 134 valence electrons. The van der Waals surface area contributed by atoms with Crippen molar-refractivity contribution in [2.24, 2.45) is 0 Å². The molecular formula is C17H18F3N3O2. The normalized spacial score (nSPS) is 17.8. The minimum Gasteiger partial charge on any atom is -0.467 e. The SMILES string of the molecule is COC(=O)C1CCCN1c1cc(C)nn1-c1ccc(C(F)(F)F)cc1. The first-order valence-electron chi connectivity index (χ1n) is 7.90. The maximum absolute atomic E-state index is 12.7. The van der Waals surface area contributed by atoms with Crippen molar-refractivity contribution in [1.29, 1.82) is 0 Å². The van der Waals surface area contributed by atoms with E-state index in [1.165, 1.54) is 19.2 Å². The number of nitrogens with zero attached hydrogens (tertiary/aromatic N) is 3. The smallest absolute Gasteiger partial charge is 0.416 e. The second-order valence-electron chi connectivity index (χ2n) is 5.97. The number of carbonyl (C=O) groups excluding carboxylic acids is 1. The van der Waals surface area contributed by atoms with Gasteiger partial charge in [0, 0.05) is 12.6 Å². The summed E-state index contributed by atoms with van der Waals surface area (Å²) in [5, 5.41) is 4.38. The lowest BCUT2D eigenvalue weighted by Crippen LogP contribution is -2.38. The third kappa shape index (κ3) is 3.33. The maximum atomic E-state index is 12.7. The Morgan fingerprint density at radius 1 is 1.28 bits per heavy atom. The quantitative estimate of drug-likeness (QED) is 0.794. The van der Waals surface area contributed by atoms with Crippen LogP contribution in [0.2, 0.25) is 0 Å². The number of carbonyl (C=O) groups is 1. The molecule has 1 aliphatic heterocycles. The number of aromatic nitrogens is 2. The molecule has 1 aromatic carbocycles. The van der Waals surface area contributed by atoms with Gasteiger partial charge in [-0.1, -0.05) is 0 Å². The van der Waals surface area contributed by atoms with Crippen LogP contribution in [0.25, 0.3) is 5.69 Å². The van der Waals surface area contributed by atoms with Gasteiger partial charge in [0.15, 0.2) is 0 Å². The standard InChI is InChI=1S/C17H18F3N3O2/c1-11-10-15(22-9-3-4-14(22)16(24)25-2)23(21-11)13-7-5-12(6-8-13)17(18,19)20/h5-8,10,14H,3-4,9H2,1-2H3.